The van der Waals surface area contributed by atoms with E-state index in [1.807, 2.05) is 12.1 Å². The highest BCUT2D eigenvalue weighted by atomic mass is 16.2. The van der Waals surface area contributed by atoms with Crippen molar-refractivity contribution in [2.24, 2.45) is 0 Å². The van der Waals surface area contributed by atoms with Crippen molar-refractivity contribution >= 4 is 5.91 Å². The molecule has 0 saturated carbocycles. The first-order valence-electron chi connectivity index (χ1n) is 6.24. The first-order chi connectivity index (χ1) is 9.33. The Morgan fingerprint density at radius 1 is 1.42 bits per heavy atom. The summed E-state index contributed by atoms with van der Waals surface area (Å²) in [6.07, 6.45) is 5.73. The van der Waals surface area contributed by atoms with Gasteiger partial charge in [-0.1, -0.05) is 0 Å². The molecule has 1 aliphatic rings. The van der Waals surface area contributed by atoms with Crippen LogP contribution < -0.4 is 10.6 Å². The van der Waals surface area contributed by atoms with Crippen molar-refractivity contribution in [1.82, 2.24) is 25.6 Å². The van der Waals surface area contributed by atoms with E-state index in [1.165, 1.54) is 0 Å². The highest BCUT2D eigenvalue weighted by Gasteiger charge is 2.25. The van der Waals surface area contributed by atoms with Gasteiger partial charge in [0.25, 0.3) is 0 Å². The van der Waals surface area contributed by atoms with Gasteiger partial charge >= 0.3 is 0 Å². The summed E-state index contributed by atoms with van der Waals surface area (Å²) in [6, 6.07) is 3.57. The molecule has 3 rings (SSSR count). The smallest absolute Gasteiger partial charge is 0.237 e. The van der Waals surface area contributed by atoms with E-state index in [-0.39, 0.29) is 11.9 Å². The summed E-state index contributed by atoms with van der Waals surface area (Å²) < 4.78 is 0. The number of pyridine rings is 1. The third kappa shape index (κ3) is 2.63. The van der Waals surface area contributed by atoms with Gasteiger partial charge < -0.3 is 10.3 Å². The number of hydrogen-bond donors (Lipinski definition) is 3. The van der Waals surface area contributed by atoms with Crippen LogP contribution in [-0.4, -0.2) is 26.9 Å². The minimum absolute atomic E-state index is 0.00506. The minimum atomic E-state index is -0.211. The number of nitrogens with zero attached hydrogens (tertiary/aromatic N) is 2. The van der Waals surface area contributed by atoms with Gasteiger partial charge in [-0.2, -0.15) is 0 Å². The average Bonchev–Trinajstić information content (AvgIpc) is 2.93. The van der Waals surface area contributed by atoms with Crippen molar-refractivity contribution in [2.45, 2.75) is 25.6 Å². The van der Waals surface area contributed by atoms with Crippen LogP contribution in [0.3, 0.4) is 0 Å². The Balaban J connectivity index is 1.57. The standard InChI is InChI=1S/C13H15N5O/c19-13(16-6-9-1-3-14-4-2-9)11-5-10-12(7-15-11)18-8-17-10/h1-4,8,11,15H,5-7H2,(H,16,19)(H,17,18). The molecule has 6 nitrogen and oxygen atoms in total. The zero-order valence-corrected chi connectivity index (χ0v) is 10.4. The van der Waals surface area contributed by atoms with Crippen LogP contribution in [0.1, 0.15) is 17.0 Å². The number of aromatic amines is 1. The van der Waals surface area contributed by atoms with Crippen molar-refractivity contribution in [3.05, 3.63) is 47.8 Å². The lowest BCUT2D eigenvalue weighted by molar-refractivity contribution is -0.123. The third-order valence-electron chi connectivity index (χ3n) is 3.26. The molecular formula is C13H15N5O. The van der Waals surface area contributed by atoms with E-state index in [1.54, 1.807) is 18.7 Å². The summed E-state index contributed by atoms with van der Waals surface area (Å²) in [7, 11) is 0. The normalized spacial score (nSPS) is 17.8. The van der Waals surface area contributed by atoms with E-state index in [2.05, 4.69) is 25.6 Å². The van der Waals surface area contributed by atoms with Gasteiger partial charge in [0, 0.05) is 31.9 Å². The monoisotopic (exact) mass is 257 g/mol. The predicted molar refractivity (Wildman–Crippen MR) is 69.0 cm³/mol. The maximum Gasteiger partial charge on any atom is 0.237 e. The summed E-state index contributed by atoms with van der Waals surface area (Å²) in [4.78, 5) is 23.3. The first kappa shape index (κ1) is 11.9. The highest BCUT2D eigenvalue weighted by Crippen LogP contribution is 2.12. The molecule has 1 aliphatic heterocycles. The average molecular weight is 257 g/mol. The van der Waals surface area contributed by atoms with Crippen molar-refractivity contribution in [3.8, 4) is 0 Å². The van der Waals surface area contributed by atoms with Gasteiger partial charge in [-0.05, 0) is 17.7 Å². The van der Waals surface area contributed by atoms with Gasteiger partial charge in [0.15, 0.2) is 0 Å². The van der Waals surface area contributed by atoms with E-state index in [4.69, 9.17) is 0 Å². The summed E-state index contributed by atoms with van der Waals surface area (Å²) >= 11 is 0. The molecule has 2 aromatic heterocycles. The maximum absolute atomic E-state index is 12.1. The number of carbonyl (C=O) groups is 1. The van der Waals surface area contributed by atoms with Gasteiger partial charge in [-0.25, -0.2) is 4.98 Å². The summed E-state index contributed by atoms with van der Waals surface area (Å²) in [6.45, 7) is 1.18. The second-order valence-corrected chi connectivity index (χ2v) is 4.54. The number of aromatic nitrogens is 3. The molecule has 3 N–H and O–H groups in total. The topological polar surface area (TPSA) is 82.7 Å². The number of hydrogen-bond acceptors (Lipinski definition) is 4. The van der Waals surface area contributed by atoms with Gasteiger partial charge in [-0.15, -0.1) is 0 Å². The summed E-state index contributed by atoms with van der Waals surface area (Å²) in [5.74, 6) is 0.00506. The Labute approximate surface area is 110 Å². The van der Waals surface area contributed by atoms with E-state index < -0.39 is 0 Å². The van der Waals surface area contributed by atoms with Gasteiger partial charge in [0.2, 0.25) is 5.91 Å². The molecular weight excluding hydrogens is 242 g/mol. The van der Waals surface area contributed by atoms with Crippen molar-refractivity contribution in [1.29, 1.82) is 0 Å². The molecule has 19 heavy (non-hydrogen) atoms. The molecule has 1 atom stereocenters. The van der Waals surface area contributed by atoms with Crippen LogP contribution in [0.4, 0.5) is 0 Å². The van der Waals surface area contributed by atoms with Crippen molar-refractivity contribution < 1.29 is 4.79 Å². The zero-order valence-electron chi connectivity index (χ0n) is 10.4. The molecule has 0 fully saturated rings. The van der Waals surface area contributed by atoms with Crippen LogP contribution >= 0.6 is 0 Å². The van der Waals surface area contributed by atoms with Crippen molar-refractivity contribution in [2.75, 3.05) is 0 Å². The third-order valence-corrected chi connectivity index (χ3v) is 3.26. The summed E-state index contributed by atoms with van der Waals surface area (Å²) in [5.41, 5.74) is 3.08. The quantitative estimate of drug-likeness (QED) is 0.730. The van der Waals surface area contributed by atoms with E-state index in [0.717, 1.165) is 17.0 Å². The molecule has 6 heteroatoms. The molecule has 0 spiro atoms. The number of fused-ring (bicyclic) bond motifs is 1. The molecule has 0 aromatic carbocycles. The SMILES string of the molecule is O=C(NCc1ccncc1)C1Cc2nc[nH]c2CN1. The van der Waals surface area contributed by atoms with E-state index in [9.17, 15) is 4.79 Å². The van der Waals surface area contributed by atoms with Crippen molar-refractivity contribution in [3.63, 3.8) is 0 Å². The maximum atomic E-state index is 12.1. The Hall–Kier alpha value is -2.21. The molecule has 0 aliphatic carbocycles. The first-order valence-corrected chi connectivity index (χ1v) is 6.24. The fourth-order valence-corrected chi connectivity index (χ4v) is 2.17. The van der Waals surface area contributed by atoms with Gasteiger partial charge in [0.1, 0.15) is 0 Å². The second-order valence-electron chi connectivity index (χ2n) is 4.54. The number of carbonyl (C=O) groups excluding carboxylic acids is 1. The summed E-state index contributed by atoms with van der Waals surface area (Å²) in [5, 5.41) is 6.13. The van der Waals surface area contributed by atoms with Gasteiger partial charge in [0.05, 0.1) is 23.8 Å². The number of rotatable bonds is 3. The lowest BCUT2D eigenvalue weighted by atomic mass is 10.0. The highest BCUT2D eigenvalue weighted by molar-refractivity contribution is 5.82. The Morgan fingerprint density at radius 2 is 2.26 bits per heavy atom. The zero-order chi connectivity index (χ0) is 13.1. The number of amides is 1. The Morgan fingerprint density at radius 3 is 3.11 bits per heavy atom. The van der Waals surface area contributed by atoms with Crippen LogP contribution in [-0.2, 0) is 24.3 Å². The Kier molecular flexibility index (Phi) is 3.24. The Bertz CT molecular complexity index is 565. The van der Waals surface area contributed by atoms with E-state index >= 15 is 0 Å². The fourth-order valence-electron chi connectivity index (χ4n) is 2.17. The number of H-pyrrole nitrogens is 1. The van der Waals surface area contributed by atoms with Crippen LogP contribution in [0.5, 0.6) is 0 Å². The largest absolute Gasteiger partial charge is 0.351 e. The minimum Gasteiger partial charge on any atom is -0.351 e. The molecule has 0 radical (unpaired) electrons. The molecule has 1 amide bonds. The van der Waals surface area contributed by atoms with Crippen LogP contribution in [0.25, 0.3) is 0 Å². The lowest BCUT2D eigenvalue weighted by Crippen LogP contribution is -2.47. The molecule has 98 valence electrons. The molecule has 3 heterocycles. The molecule has 0 saturated heterocycles. The van der Waals surface area contributed by atoms with Crippen LogP contribution in [0, 0.1) is 0 Å². The predicted octanol–water partition coefficient (Wildman–Crippen LogP) is 0.135. The van der Waals surface area contributed by atoms with Crippen LogP contribution in [0.15, 0.2) is 30.9 Å². The second kappa shape index (κ2) is 5.19. The lowest BCUT2D eigenvalue weighted by Gasteiger charge is -2.22. The molecule has 2 aromatic rings. The fraction of sp³-hybridized carbons (Fsp3) is 0.308. The molecule has 0 bridgehead atoms. The number of imidazole rings is 1. The van der Waals surface area contributed by atoms with Gasteiger partial charge in [-0.3, -0.25) is 15.1 Å². The molecule has 1 unspecified atom stereocenters. The van der Waals surface area contributed by atoms with Crippen LogP contribution in [0.2, 0.25) is 0 Å². The van der Waals surface area contributed by atoms with E-state index in [0.29, 0.717) is 19.5 Å². The number of nitrogens with one attached hydrogen (secondary N) is 3.